The molecule has 0 aliphatic heterocycles. The number of thiophene rings is 1. The number of imide groups is 1. The maximum Gasteiger partial charge on any atom is 0.321 e. The van der Waals surface area contributed by atoms with E-state index in [1.165, 1.54) is 16.6 Å². The summed E-state index contributed by atoms with van der Waals surface area (Å²) in [7, 11) is 1.52. The maximum atomic E-state index is 14.0. The molecule has 3 amide bonds. The fourth-order valence-electron chi connectivity index (χ4n) is 4.15. The standard InChI is InChI=1S/C25H29ClN4O4S2/c1-13(2)11-27-24(33)28-20(31)12-35-25-29-22-21(16-7-5-14(3)9-19(16)36-22)23(32)30(25)17-10-15(26)6-8-18(17)34-4/h6,8,10,13-14H,5,7,9,11-12H2,1-4H3,(H2,27,28,31,33)/t14-/m1/s1. The molecule has 0 saturated heterocycles. The second-order valence-electron chi connectivity index (χ2n) is 9.32. The summed E-state index contributed by atoms with van der Waals surface area (Å²) in [4.78, 5) is 45.1. The minimum absolute atomic E-state index is 0.0992. The van der Waals surface area contributed by atoms with Gasteiger partial charge in [0.2, 0.25) is 5.91 Å². The molecule has 192 valence electrons. The van der Waals surface area contributed by atoms with E-state index >= 15 is 0 Å². The van der Waals surface area contributed by atoms with Gasteiger partial charge in [0.1, 0.15) is 10.6 Å². The van der Waals surface area contributed by atoms with Gasteiger partial charge in [-0.2, -0.15) is 0 Å². The largest absolute Gasteiger partial charge is 0.495 e. The molecule has 0 spiro atoms. The minimum Gasteiger partial charge on any atom is -0.495 e. The Balaban J connectivity index is 1.74. The number of carbonyl (C=O) groups is 2. The predicted octanol–water partition coefficient (Wildman–Crippen LogP) is 4.81. The highest BCUT2D eigenvalue weighted by Crippen LogP contribution is 2.38. The monoisotopic (exact) mass is 548 g/mol. The van der Waals surface area contributed by atoms with Gasteiger partial charge in [0, 0.05) is 16.4 Å². The Morgan fingerprint density at radius 1 is 1.36 bits per heavy atom. The summed E-state index contributed by atoms with van der Waals surface area (Å²) in [5.74, 6) is 0.690. The molecule has 2 aromatic heterocycles. The topological polar surface area (TPSA) is 102 Å². The number of halogens is 1. The van der Waals surface area contributed by atoms with Crippen LogP contribution in [-0.4, -0.2) is 40.9 Å². The number of ether oxygens (including phenoxy) is 1. The molecule has 4 rings (SSSR count). The predicted molar refractivity (Wildman–Crippen MR) is 145 cm³/mol. The average Bonchev–Trinajstić information content (AvgIpc) is 3.19. The number of benzene rings is 1. The second-order valence-corrected chi connectivity index (χ2v) is 11.8. The van der Waals surface area contributed by atoms with Crippen molar-refractivity contribution < 1.29 is 14.3 Å². The van der Waals surface area contributed by atoms with Crippen LogP contribution in [-0.2, 0) is 17.6 Å². The van der Waals surface area contributed by atoms with E-state index in [0.29, 0.717) is 44.3 Å². The highest BCUT2D eigenvalue weighted by molar-refractivity contribution is 7.99. The normalized spacial score (nSPS) is 15.1. The fraction of sp³-hybridized carbons (Fsp3) is 0.440. The quantitative estimate of drug-likeness (QED) is 0.324. The molecule has 2 N–H and O–H groups in total. The molecule has 11 heteroatoms. The molecule has 1 aliphatic carbocycles. The Morgan fingerprint density at radius 3 is 2.86 bits per heavy atom. The van der Waals surface area contributed by atoms with Crippen LogP contribution in [0.3, 0.4) is 0 Å². The Morgan fingerprint density at radius 2 is 2.14 bits per heavy atom. The SMILES string of the molecule is COc1ccc(Cl)cc1-n1c(SCC(=O)NC(=O)NCC(C)C)nc2sc3c(c2c1=O)CC[C@@H](C)C3. The van der Waals surface area contributed by atoms with Gasteiger partial charge in [0.15, 0.2) is 5.16 Å². The summed E-state index contributed by atoms with van der Waals surface area (Å²) in [6.45, 7) is 6.60. The molecule has 0 bridgehead atoms. The van der Waals surface area contributed by atoms with Crippen molar-refractivity contribution in [2.45, 2.75) is 45.2 Å². The summed E-state index contributed by atoms with van der Waals surface area (Å²) in [5, 5.41) is 6.37. The zero-order chi connectivity index (χ0) is 26.0. The van der Waals surface area contributed by atoms with Crippen molar-refractivity contribution in [3.63, 3.8) is 0 Å². The lowest BCUT2D eigenvalue weighted by atomic mass is 9.89. The van der Waals surface area contributed by atoms with Gasteiger partial charge in [-0.25, -0.2) is 9.78 Å². The average molecular weight is 549 g/mol. The van der Waals surface area contributed by atoms with Crippen molar-refractivity contribution in [2.24, 2.45) is 11.8 Å². The van der Waals surface area contributed by atoms with Crippen LogP contribution >= 0.6 is 34.7 Å². The van der Waals surface area contributed by atoms with Crippen molar-refractivity contribution in [3.05, 3.63) is 44.0 Å². The molecule has 1 aliphatic rings. The van der Waals surface area contributed by atoms with E-state index in [2.05, 4.69) is 17.6 Å². The molecule has 1 atom stereocenters. The van der Waals surface area contributed by atoms with Crippen LogP contribution in [0.15, 0.2) is 28.2 Å². The van der Waals surface area contributed by atoms with Gasteiger partial charge in [-0.05, 0) is 54.9 Å². The number of carbonyl (C=O) groups excluding carboxylic acids is 2. The van der Waals surface area contributed by atoms with Crippen LogP contribution < -0.4 is 20.9 Å². The first kappa shape index (κ1) is 26.5. The van der Waals surface area contributed by atoms with Crippen molar-refractivity contribution in [2.75, 3.05) is 19.4 Å². The molecule has 0 fully saturated rings. The molecule has 8 nitrogen and oxygen atoms in total. The number of fused-ring (bicyclic) bond motifs is 3. The number of hydrogen-bond acceptors (Lipinski definition) is 7. The Labute approximate surface area is 222 Å². The van der Waals surface area contributed by atoms with Crippen molar-refractivity contribution in [3.8, 4) is 11.4 Å². The van der Waals surface area contributed by atoms with Crippen LogP contribution in [0.1, 0.15) is 37.6 Å². The Hall–Kier alpha value is -2.56. The lowest BCUT2D eigenvalue weighted by Crippen LogP contribution is -2.41. The van der Waals surface area contributed by atoms with Gasteiger partial charge in [-0.15, -0.1) is 11.3 Å². The number of nitrogens with one attached hydrogen (secondary N) is 2. The van der Waals surface area contributed by atoms with Crippen molar-refractivity contribution >= 4 is 56.9 Å². The van der Waals surface area contributed by atoms with Crippen molar-refractivity contribution in [1.82, 2.24) is 20.2 Å². The summed E-state index contributed by atoms with van der Waals surface area (Å²) in [6.07, 6.45) is 2.78. The van der Waals surface area contributed by atoms with Crippen LogP contribution in [0.4, 0.5) is 4.79 Å². The number of rotatable bonds is 7. The van der Waals surface area contributed by atoms with E-state index in [1.54, 1.807) is 29.5 Å². The molecular formula is C25H29ClN4O4S2. The van der Waals surface area contributed by atoms with E-state index in [1.807, 2.05) is 13.8 Å². The van der Waals surface area contributed by atoms with Gasteiger partial charge < -0.3 is 10.1 Å². The van der Waals surface area contributed by atoms with Gasteiger partial charge in [-0.3, -0.25) is 19.5 Å². The Kier molecular flexibility index (Phi) is 8.27. The van der Waals surface area contributed by atoms with E-state index in [0.717, 1.165) is 36.6 Å². The first-order valence-electron chi connectivity index (χ1n) is 11.8. The minimum atomic E-state index is -0.549. The third-order valence-electron chi connectivity index (χ3n) is 5.94. The van der Waals surface area contributed by atoms with Gasteiger partial charge in [0.25, 0.3) is 5.56 Å². The highest BCUT2D eigenvalue weighted by Gasteiger charge is 2.26. The molecule has 3 aromatic rings. The smallest absolute Gasteiger partial charge is 0.321 e. The van der Waals surface area contributed by atoms with Crippen LogP contribution in [0.2, 0.25) is 5.02 Å². The Bertz CT molecular complexity index is 1370. The first-order valence-corrected chi connectivity index (χ1v) is 14.0. The highest BCUT2D eigenvalue weighted by atomic mass is 35.5. The third kappa shape index (κ3) is 5.71. The fourth-order valence-corrected chi connectivity index (χ4v) is 6.55. The summed E-state index contributed by atoms with van der Waals surface area (Å²) < 4.78 is 6.99. The van der Waals surface area contributed by atoms with E-state index in [4.69, 9.17) is 21.3 Å². The third-order valence-corrected chi connectivity index (χ3v) is 8.26. The van der Waals surface area contributed by atoms with Gasteiger partial charge >= 0.3 is 6.03 Å². The number of thioether (sulfide) groups is 1. The van der Waals surface area contributed by atoms with Crippen LogP contribution in [0.25, 0.3) is 15.9 Å². The number of amides is 3. The molecule has 0 radical (unpaired) electrons. The molecule has 36 heavy (non-hydrogen) atoms. The number of hydrogen-bond donors (Lipinski definition) is 2. The molecular weight excluding hydrogens is 520 g/mol. The summed E-state index contributed by atoms with van der Waals surface area (Å²) in [5.41, 5.74) is 1.30. The van der Waals surface area contributed by atoms with Crippen LogP contribution in [0, 0.1) is 11.8 Å². The summed E-state index contributed by atoms with van der Waals surface area (Å²) >= 11 is 8.92. The van der Waals surface area contributed by atoms with E-state index in [-0.39, 0.29) is 17.2 Å². The maximum absolute atomic E-state index is 14.0. The molecule has 1 aromatic carbocycles. The van der Waals surface area contributed by atoms with Gasteiger partial charge in [-0.1, -0.05) is 44.1 Å². The lowest BCUT2D eigenvalue weighted by molar-refractivity contribution is -0.117. The number of nitrogens with zero attached hydrogens (tertiary/aromatic N) is 2. The molecule has 2 heterocycles. The number of aryl methyl sites for hydroxylation is 1. The number of urea groups is 1. The lowest BCUT2D eigenvalue weighted by Gasteiger charge is -2.18. The molecule has 0 unspecified atom stereocenters. The number of methoxy groups -OCH3 is 1. The second kappa shape index (κ2) is 11.2. The van der Waals surface area contributed by atoms with E-state index < -0.39 is 11.9 Å². The number of aromatic nitrogens is 2. The van der Waals surface area contributed by atoms with Gasteiger partial charge in [0.05, 0.1) is 23.9 Å². The molecule has 0 saturated carbocycles. The zero-order valence-electron chi connectivity index (χ0n) is 20.6. The zero-order valence-corrected chi connectivity index (χ0v) is 23.0. The summed E-state index contributed by atoms with van der Waals surface area (Å²) in [6, 6.07) is 4.48. The van der Waals surface area contributed by atoms with Crippen LogP contribution in [0.5, 0.6) is 5.75 Å². The first-order chi connectivity index (χ1) is 17.2. The van der Waals surface area contributed by atoms with Crippen molar-refractivity contribution in [1.29, 1.82) is 0 Å². The van der Waals surface area contributed by atoms with E-state index in [9.17, 15) is 14.4 Å².